The van der Waals surface area contributed by atoms with Crippen LogP contribution in [0.1, 0.15) is 26.7 Å². The van der Waals surface area contributed by atoms with E-state index in [1.165, 1.54) is 11.3 Å². The van der Waals surface area contributed by atoms with Crippen molar-refractivity contribution in [1.82, 2.24) is 9.38 Å². The number of rotatable bonds is 6. The standard InChI is InChI=1S/C11H16N4O2S/c1-3-5-6-13(4-2)9-10(15(16)17)14-7-8-18-11(14)12-9/h7-8H,3-6H2,1-2H3. The van der Waals surface area contributed by atoms with Crippen molar-refractivity contribution in [2.45, 2.75) is 26.7 Å². The van der Waals surface area contributed by atoms with Crippen molar-refractivity contribution in [3.8, 4) is 0 Å². The van der Waals surface area contributed by atoms with Crippen LogP contribution in [0.5, 0.6) is 0 Å². The van der Waals surface area contributed by atoms with Crippen LogP contribution in [-0.4, -0.2) is 27.4 Å². The highest BCUT2D eigenvalue weighted by Gasteiger charge is 2.26. The van der Waals surface area contributed by atoms with Gasteiger partial charge in [0.1, 0.15) is 6.20 Å². The molecule has 0 unspecified atom stereocenters. The van der Waals surface area contributed by atoms with Gasteiger partial charge < -0.3 is 15.0 Å². The Morgan fingerprint density at radius 2 is 2.33 bits per heavy atom. The molecule has 0 atom stereocenters. The van der Waals surface area contributed by atoms with Crippen molar-refractivity contribution in [3.05, 3.63) is 21.7 Å². The number of anilines is 1. The monoisotopic (exact) mass is 268 g/mol. The molecule has 0 aliphatic rings. The van der Waals surface area contributed by atoms with E-state index in [-0.39, 0.29) is 10.7 Å². The summed E-state index contributed by atoms with van der Waals surface area (Å²) in [4.78, 5) is 17.9. The lowest BCUT2D eigenvalue weighted by Crippen LogP contribution is -2.25. The van der Waals surface area contributed by atoms with Crippen LogP contribution in [0.4, 0.5) is 11.6 Å². The van der Waals surface area contributed by atoms with Crippen LogP contribution in [-0.2, 0) is 0 Å². The first-order valence-electron chi connectivity index (χ1n) is 6.03. The predicted molar refractivity (Wildman–Crippen MR) is 72.5 cm³/mol. The molecule has 7 heteroatoms. The topological polar surface area (TPSA) is 63.7 Å². The summed E-state index contributed by atoms with van der Waals surface area (Å²) in [6, 6.07) is 0. The minimum atomic E-state index is -0.351. The first-order valence-corrected chi connectivity index (χ1v) is 6.91. The molecule has 0 aliphatic heterocycles. The van der Waals surface area contributed by atoms with Gasteiger partial charge in [-0.3, -0.25) is 0 Å². The van der Waals surface area contributed by atoms with Crippen molar-refractivity contribution in [3.63, 3.8) is 0 Å². The minimum absolute atomic E-state index is 0.0733. The van der Waals surface area contributed by atoms with E-state index < -0.39 is 0 Å². The van der Waals surface area contributed by atoms with Gasteiger partial charge in [0.25, 0.3) is 4.96 Å². The van der Waals surface area contributed by atoms with Crippen molar-refractivity contribution >= 4 is 27.9 Å². The van der Waals surface area contributed by atoms with Crippen molar-refractivity contribution < 1.29 is 4.92 Å². The highest BCUT2D eigenvalue weighted by Crippen LogP contribution is 2.31. The van der Waals surface area contributed by atoms with Gasteiger partial charge >= 0.3 is 5.82 Å². The molecule has 0 fully saturated rings. The summed E-state index contributed by atoms with van der Waals surface area (Å²) in [7, 11) is 0. The Labute approximate surface area is 109 Å². The van der Waals surface area contributed by atoms with Crippen molar-refractivity contribution in [2.24, 2.45) is 0 Å². The molecule has 0 N–H and O–H groups in total. The molecular formula is C11H16N4O2S. The second-order valence-corrected chi connectivity index (χ2v) is 4.88. The second-order valence-electron chi connectivity index (χ2n) is 4.00. The number of unbranched alkanes of at least 4 members (excludes halogenated alkanes) is 1. The van der Waals surface area contributed by atoms with E-state index in [4.69, 9.17) is 0 Å². The van der Waals surface area contributed by atoms with Crippen LogP contribution in [0.15, 0.2) is 11.6 Å². The highest BCUT2D eigenvalue weighted by molar-refractivity contribution is 7.15. The van der Waals surface area contributed by atoms with Crippen LogP contribution in [0, 0.1) is 10.1 Å². The van der Waals surface area contributed by atoms with E-state index >= 15 is 0 Å². The SMILES string of the molecule is CCCCN(CC)c1nc2sccn2c1[N+](=O)[O-]. The van der Waals surface area contributed by atoms with Gasteiger partial charge in [-0.05, 0) is 18.3 Å². The Bertz CT molecular complexity index is 548. The summed E-state index contributed by atoms with van der Waals surface area (Å²) in [5.41, 5.74) is 0. The molecule has 2 rings (SSSR count). The summed E-state index contributed by atoms with van der Waals surface area (Å²) in [5, 5.41) is 13.0. The predicted octanol–water partition coefficient (Wildman–Crippen LogP) is 2.93. The van der Waals surface area contributed by atoms with Gasteiger partial charge in [-0.15, -0.1) is 0 Å². The molecule has 0 saturated heterocycles. The number of hydrogen-bond acceptors (Lipinski definition) is 5. The van der Waals surface area contributed by atoms with E-state index in [0.717, 1.165) is 25.9 Å². The van der Waals surface area contributed by atoms with Crippen molar-refractivity contribution in [1.29, 1.82) is 0 Å². The van der Waals surface area contributed by atoms with Crippen LogP contribution in [0.25, 0.3) is 4.96 Å². The molecule has 18 heavy (non-hydrogen) atoms. The summed E-state index contributed by atoms with van der Waals surface area (Å²) < 4.78 is 1.55. The normalized spacial score (nSPS) is 11.0. The Kier molecular flexibility index (Phi) is 3.81. The smallest absolute Gasteiger partial charge is 0.358 e. The zero-order valence-electron chi connectivity index (χ0n) is 10.5. The first-order chi connectivity index (χ1) is 8.69. The van der Waals surface area contributed by atoms with Crippen LogP contribution >= 0.6 is 11.3 Å². The Morgan fingerprint density at radius 1 is 1.56 bits per heavy atom. The van der Waals surface area contributed by atoms with Gasteiger partial charge in [0.05, 0.1) is 0 Å². The molecule has 0 spiro atoms. The summed E-state index contributed by atoms with van der Waals surface area (Å²) >= 11 is 1.41. The molecule has 0 saturated carbocycles. The van der Waals surface area contributed by atoms with E-state index in [1.807, 2.05) is 11.8 Å². The molecule has 2 aromatic heterocycles. The summed E-state index contributed by atoms with van der Waals surface area (Å²) in [6.07, 6.45) is 3.77. The maximum Gasteiger partial charge on any atom is 0.373 e. The van der Waals surface area contributed by atoms with Crippen LogP contribution in [0.3, 0.4) is 0 Å². The zero-order valence-corrected chi connectivity index (χ0v) is 11.3. The number of imidazole rings is 1. The highest BCUT2D eigenvalue weighted by atomic mass is 32.1. The average molecular weight is 268 g/mol. The van der Waals surface area contributed by atoms with E-state index in [1.54, 1.807) is 16.0 Å². The van der Waals surface area contributed by atoms with Crippen LogP contribution in [0.2, 0.25) is 0 Å². The fourth-order valence-corrected chi connectivity index (χ4v) is 2.61. The van der Waals surface area contributed by atoms with E-state index in [2.05, 4.69) is 11.9 Å². The number of thiazole rings is 1. The average Bonchev–Trinajstić information content (AvgIpc) is 2.89. The van der Waals surface area contributed by atoms with Gasteiger partial charge in [-0.1, -0.05) is 24.7 Å². The van der Waals surface area contributed by atoms with Crippen molar-refractivity contribution in [2.75, 3.05) is 18.0 Å². The third kappa shape index (κ3) is 2.17. The molecule has 2 aromatic rings. The Hall–Kier alpha value is -1.63. The Morgan fingerprint density at radius 3 is 2.94 bits per heavy atom. The number of fused-ring (bicyclic) bond motifs is 1. The molecule has 6 nitrogen and oxygen atoms in total. The number of aromatic nitrogens is 2. The molecule has 2 heterocycles. The van der Waals surface area contributed by atoms with E-state index in [0.29, 0.717) is 10.8 Å². The first kappa shape index (κ1) is 12.8. The molecule has 0 aliphatic carbocycles. The van der Waals surface area contributed by atoms with Gasteiger partial charge in [0.2, 0.25) is 5.82 Å². The van der Waals surface area contributed by atoms with Gasteiger partial charge in [-0.25, -0.2) is 0 Å². The summed E-state index contributed by atoms with van der Waals surface area (Å²) in [5.74, 6) is 0.562. The van der Waals surface area contributed by atoms with Gasteiger partial charge in [0.15, 0.2) is 0 Å². The van der Waals surface area contributed by atoms with Crippen LogP contribution < -0.4 is 4.90 Å². The third-order valence-corrected chi connectivity index (χ3v) is 3.61. The minimum Gasteiger partial charge on any atom is -0.358 e. The maximum atomic E-state index is 11.2. The lowest BCUT2D eigenvalue weighted by Gasteiger charge is -2.19. The number of nitrogens with zero attached hydrogens (tertiary/aromatic N) is 4. The summed E-state index contributed by atoms with van der Waals surface area (Å²) in [6.45, 7) is 5.63. The molecule has 0 radical (unpaired) electrons. The zero-order chi connectivity index (χ0) is 13.1. The number of hydrogen-bond donors (Lipinski definition) is 0. The molecular weight excluding hydrogens is 252 g/mol. The lowest BCUT2D eigenvalue weighted by molar-refractivity contribution is -0.389. The molecule has 98 valence electrons. The molecule has 0 bridgehead atoms. The third-order valence-electron chi connectivity index (χ3n) is 2.85. The lowest BCUT2D eigenvalue weighted by atomic mass is 10.3. The maximum absolute atomic E-state index is 11.2. The van der Waals surface area contributed by atoms with Gasteiger partial charge in [-0.2, -0.15) is 9.38 Å². The molecule has 0 amide bonds. The second kappa shape index (κ2) is 5.34. The fraction of sp³-hybridized carbons (Fsp3) is 0.545. The van der Waals surface area contributed by atoms with Gasteiger partial charge in [0, 0.05) is 18.5 Å². The Balaban J connectivity index is 2.44. The van der Waals surface area contributed by atoms with E-state index in [9.17, 15) is 10.1 Å². The quantitative estimate of drug-likeness (QED) is 0.597. The number of nitro groups is 1. The molecule has 0 aromatic carbocycles. The fourth-order valence-electron chi connectivity index (χ4n) is 1.91. The largest absolute Gasteiger partial charge is 0.373 e.